The molecule has 0 bridgehead atoms. The third kappa shape index (κ3) is 3.82. The highest BCUT2D eigenvalue weighted by atomic mass is 35.5. The van der Waals surface area contributed by atoms with Gasteiger partial charge in [-0.25, -0.2) is 4.98 Å². The topological polar surface area (TPSA) is 45.2 Å². The van der Waals surface area contributed by atoms with Crippen LogP contribution >= 0.6 is 11.6 Å². The first kappa shape index (κ1) is 19.7. The molecule has 1 saturated heterocycles. The summed E-state index contributed by atoms with van der Waals surface area (Å²) in [5, 5.41) is 6.11. The maximum Gasteiger partial charge on any atom is 0.256 e. The Labute approximate surface area is 176 Å². The van der Waals surface area contributed by atoms with Crippen molar-refractivity contribution in [3.63, 3.8) is 0 Å². The van der Waals surface area contributed by atoms with E-state index in [9.17, 15) is 4.79 Å². The number of pyridine rings is 1. The molecule has 29 heavy (non-hydrogen) atoms. The zero-order valence-electron chi connectivity index (χ0n) is 17.0. The molecule has 2 heterocycles. The SMILES string of the molecule is CCc1cccc2c(Nc3cccc(Cl)c3C)ncc(C(=O)N3CCCCC3)c12. The van der Waals surface area contributed by atoms with Crippen molar-refractivity contribution < 1.29 is 4.79 Å². The Morgan fingerprint density at radius 3 is 2.66 bits per heavy atom. The van der Waals surface area contributed by atoms with E-state index in [1.807, 2.05) is 42.2 Å². The number of fused-ring (bicyclic) bond motifs is 1. The van der Waals surface area contributed by atoms with E-state index in [0.29, 0.717) is 10.6 Å². The number of rotatable bonds is 4. The summed E-state index contributed by atoms with van der Waals surface area (Å²) >= 11 is 6.29. The van der Waals surface area contributed by atoms with Gasteiger partial charge in [-0.2, -0.15) is 0 Å². The molecule has 5 heteroatoms. The summed E-state index contributed by atoms with van der Waals surface area (Å²) < 4.78 is 0. The third-order valence-electron chi connectivity index (χ3n) is 5.77. The van der Waals surface area contributed by atoms with Gasteiger partial charge >= 0.3 is 0 Å². The fourth-order valence-electron chi connectivity index (χ4n) is 4.07. The van der Waals surface area contributed by atoms with Gasteiger partial charge in [-0.3, -0.25) is 4.79 Å². The molecule has 1 amide bonds. The summed E-state index contributed by atoms with van der Waals surface area (Å²) in [5.74, 6) is 0.837. The van der Waals surface area contributed by atoms with Gasteiger partial charge in [-0.05, 0) is 55.9 Å². The van der Waals surface area contributed by atoms with Crippen molar-refractivity contribution in [3.05, 3.63) is 64.3 Å². The van der Waals surface area contributed by atoms with Gasteiger partial charge in [0.2, 0.25) is 0 Å². The second-order valence-corrected chi connectivity index (χ2v) is 8.01. The molecule has 1 aromatic heterocycles. The molecular weight excluding hydrogens is 382 g/mol. The molecule has 4 nitrogen and oxygen atoms in total. The minimum absolute atomic E-state index is 0.0913. The van der Waals surface area contributed by atoms with Crippen LogP contribution in [0.1, 0.15) is 47.7 Å². The van der Waals surface area contributed by atoms with E-state index in [-0.39, 0.29) is 5.91 Å². The van der Waals surface area contributed by atoms with Crippen LogP contribution in [0.2, 0.25) is 5.02 Å². The average molecular weight is 408 g/mol. The average Bonchev–Trinajstić information content (AvgIpc) is 2.76. The van der Waals surface area contributed by atoms with Gasteiger partial charge in [0.25, 0.3) is 5.91 Å². The second kappa shape index (κ2) is 8.42. The number of hydrogen-bond acceptors (Lipinski definition) is 3. The van der Waals surface area contributed by atoms with Crippen molar-refractivity contribution in [2.24, 2.45) is 0 Å². The van der Waals surface area contributed by atoms with Gasteiger partial charge < -0.3 is 10.2 Å². The highest BCUT2D eigenvalue weighted by molar-refractivity contribution is 6.31. The second-order valence-electron chi connectivity index (χ2n) is 7.60. The number of hydrogen-bond donors (Lipinski definition) is 1. The number of aryl methyl sites for hydroxylation is 1. The van der Waals surface area contributed by atoms with Crippen molar-refractivity contribution in [2.45, 2.75) is 39.5 Å². The molecular formula is C24H26ClN3O. The largest absolute Gasteiger partial charge is 0.339 e. The molecule has 2 aromatic carbocycles. The lowest BCUT2D eigenvalue weighted by molar-refractivity contribution is 0.0726. The van der Waals surface area contributed by atoms with E-state index in [0.717, 1.165) is 65.8 Å². The first-order chi connectivity index (χ1) is 14.1. The molecule has 0 unspecified atom stereocenters. The molecule has 4 rings (SSSR count). The monoisotopic (exact) mass is 407 g/mol. The lowest BCUT2D eigenvalue weighted by atomic mass is 9.98. The molecule has 0 spiro atoms. The smallest absolute Gasteiger partial charge is 0.256 e. The van der Waals surface area contributed by atoms with Gasteiger partial charge in [0.15, 0.2) is 0 Å². The number of nitrogens with zero attached hydrogens (tertiary/aromatic N) is 2. The fourth-order valence-corrected chi connectivity index (χ4v) is 4.25. The highest BCUT2D eigenvalue weighted by Gasteiger charge is 2.22. The van der Waals surface area contributed by atoms with Crippen molar-refractivity contribution in [1.29, 1.82) is 0 Å². The van der Waals surface area contributed by atoms with E-state index in [4.69, 9.17) is 11.6 Å². The minimum Gasteiger partial charge on any atom is -0.339 e. The van der Waals surface area contributed by atoms with Crippen molar-refractivity contribution in [2.75, 3.05) is 18.4 Å². The number of aromatic nitrogens is 1. The van der Waals surface area contributed by atoms with Crippen molar-refractivity contribution in [1.82, 2.24) is 9.88 Å². The van der Waals surface area contributed by atoms with Crippen LogP contribution in [0.4, 0.5) is 11.5 Å². The Kier molecular flexibility index (Phi) is 5.72. The molecule has 1 N–H and O–H groups in total. The maximum absolute atomic E-state index is 13.3. The Balaban J connectivity index is 1.82. The number of anilines is 2. The van der Waals surface area contributed by atoms with E-state index in [1.54, 1.807) is 6.20 Å². The van der Waals surface area contributed by atoms with E-state index < -0.39 is 0 Å². The van der Waals surface area contributed by atoms with Crippen molar-refractivity contribution in [3.8, 4) is 0 Å². The molecule has 3 aromatic rings. The number of carbonyl (C=O) groups excluding carboxylic acids is 1. The third-order valence-corrected chi connectivity index (χ3v) is 6.18. The minimum atomic E-state index is 0.0913. The Morgan fingerprint density at radius 2 is 1.90 bits per heavy atom. The Bertz CT molecular complexity index is 1060. The zero-order valence-corrected chi connectivity index (χ0v) is 17.7. The number of halogens is 1. The molecule has 0 atom stereocenters. The number of benzene rings is 2. The summed E-state index contributed by atoms with van der Waals surface area (Å²) in [6.07, 6.45) is 5.94. The number of piperidine rings is 1. The standard InChI is InChI=1S/C24H26ClN3O/c1-3-17-9-7-10-18-22(17)19(24(29)28-13-5-4-6-14-28)15-26-23(18)27-21-12-8-11-20(25)16(21)2/h7-12,15H,3-6,13-14H2,1-2H3,(H,26,27). The molecule has 1 fully saturated rings. The van der Waals surface area contributed by atoms with Crippen LogP contribution < -0.4 is 5.32 Å². The Morgan fingerprint density at radius 1 is 1.14 bits per heavy atom. The van der Waals surface area contributed by atoms with Crippen LogP contribution in [0, 0.1) is 6.92 Å². The van der Waals surface area contributed by atoms with Gasteiger partial charge in [-0.1, -0.05) is 42.8 Å². The van der Waals surface area contributed by atoms with E-state index in [2.05, 4.69) is 23.3 Å². The number of carbonyl (C=O) groups is 1. The van der Waals surface area contributed by atoms with Crippen LogP contribution in [0.5, 0.6) is 0 Å². The van der Waals surface area contributed by atoms with E-state index in [1.165, 1.54) is 6.42 Å². The van der Waals surface area contributed by atoms with Gasteiger partial charge in [-0.15, -0.1) is 0 Å². The Hall–Kier alpha value is -2.59. The van der Waals surface area contributed by atoms with Gasteiger partial charge in [0.1, 0.15) is 5.82 Å². The number of amides is 1. The molecule has 0 radical (unpaired) electrons. The quantitative estimate of drug-likeness (QED) is 0.565. The highest BCUT2D eigenvalue weighted by Crippen LogP contribution is 2.33. The maximum atomic E-state index is 13.3. The first-order valence-electron chi connectivity index (χ1n) is 10.3. The van der Waals surface area contributed by atoms with Crippen molar-refractivity contribution >= 4 is 39.8 Å². The lowest BCUT2D eigenvalue weighted by Crippen LogP contribution is -2.35. The zero-order chi connectivity index (χ0) is 20.4. The molecule has 0 aliphatic carbocycles. The molecule has 0 saturated carbocycles. The van der Waals surface area contributed by atoms with Crippen LogP contribution in [0.15, 0.2) is 42.6 Å². The molecule has 1 aliphatic rings. The number of likely N-dealkylation sites (tertiary alicyclic amines) is 1. The molecule has 1 aliphatic heterocycles. The summed E-state index contributed by atoms with van der Waals surface area (Å²) in [6, 6.07) is 12.0. The predicted octanol–water partition coefficient (Wildman–Crippen LogP) is 6.13. The number of nitrogens with one attached hydrogen (secondary N) is 1. The first-order valence-corrected chi connectivity index (χ1v) is 10.7. The summed E-state index contributed by atoms with van der Waals surface area (Å²) in [4.78, 5) is 19.9. The summed E-state index contributed by atoms with van der Waals surface area (Å²) in [7, 11) is 0. The van der Waals surface area contributed by atoms with Crippen LogP contribution in [0.25, 0.3) is 10.8 Å². The van der Waals surface area contributed by atoms with Crippen LogP contribution in [0.3, 0.4) is 0 Å². The normalized spacial score (nSPS) is 14.2. The van der Waals surface area contributed by atoms with E-state index >= 15 is 0 Å². The summed E-state index contributed by atoms with van der Waals surface area (Å²) in [5.41, 5.74) is 3.76. The summed E-state index contributed by atoms with van der Waals surface area (Å²) in [6.45, 7) is 5.77. The predicted molar refractivity (Wildman–Crippen MR) is 120 cm³/mol. The van der Waals surface area contributed by atoms with Crippen LogP contribution in [-0.4, -0.2) is 28.9 Å². The van der Waals surface area contributed by atoms with Crippen LogP contribution in [-0.2, 0) is 6.42 Å². The van der Waals surface area contributed by atoms with Gasteiger partial charge in [0.05, 0.1) is 5.56 Å². The fraction of sp³-hybridized carbons (Fsp3) is 0.333. The van der Waals surface area contributed by atoms with Gasteiger partial charge in [0, 0.05) is 40.8 Å². The molecule has 150 valence electrons. The lowest BCUT2D eigenvalue weighted by Gasteiger charge is -2.27.